The van der Waals surface area contributed by atoms with E-state index >= 15 is 0 Å². The van der Waals surface area contributed by atoms with Crippen molar-refractivity contribution in [3.8, 4) is 5.75 Å². The Morgan fingerprint density at radius 3 is 2.40 bits per heavy atom. The zero-order valence-corrected chi connectivity index (χ0v) is 20.6. The smallest absolute Gasteiger partial charge is 0.220 e. The third-order valence-electron chi connectivity index (χ3n) is 6.15. The van der Waals surface area contributed by atoms with Crippen molar-refractivity contribution in [3.63, 3.8) is 0 Å². The lowest BCUT2D eigenvalue weighted by molar-refractivity contribution is -0.121. The molecule has 0 saturated heterocycles. The molecule has 4 rings (SSSR count). The van der Waals surface area contributed by atoms with Crippen LogP contribution in [0.25, 0.3) is 10.9 Å². The summed E-state index contributed by atoms with van der Waals surface area (Å²) in [5, 5.41) is 4.19. The number of benzene rings is 3. The fraction of sp³-hybridized carbons (Fsp3) is 0.300. The summed E-state index contributed by atoms with van der Waals surface area (Å²) in [4.78, 5) is 13.0. The number of aromatic nitrogens is 1. The van der Waals surface area contributed by atoms with Gasteiger partial charge in [-0.2, -0.15) is 0 Å². The van der Waals surface area contributed by atoms with Gasteiger partial charge in [0.1, 0.15) is 11.6 Å². The molecule has 35 heavy (non-hydrogen) atoms. The van der Waals surface area contributed by atoms with Gasteiger partial charge in [0.15, 0.2) is 0 Å². The Labute approximate surface area is 206 Å². The number of halogens is 1. The number of amides is 1. The summed E-state index contributed by atoms with van der Waals surface area (Å²) >= 11 is 0. The molecule has 1 N–H and O–H groups in total. The third-order valence-corrected chi connectivity index (χ3v) is 6.15. The van der Waals surface area contributed by atoms with E-state index in [1.807, 2.05) is 43.3 Å². The molecule has 0 spiro atoms. The summed E-state index contributed by atoms with van der Waals surface area (Å²) in [6, 6.07) is 22.9. The van der Waals surface area contributed by atoms with Crippen LogP contribution in [0, 0.1) is 11.7 Å². The molecule has 1 aromatic heterocycles. The highest BCUT2D eigenvalue weighted by molar-refractivity contribution is 5.86. The summed E-state index contributed by atoms with van der Waals surface area (Å²) in [6.45, 7) is 8.03. The Morgan fingerprint density at radius 1 is 1.00 bits per heavy atom. The van der Waals surface area contributed by atoms with Gasteiger partial charge in [0.2, 0.25) is 5.91 Å². The first-order chi connectivity index (χ1) is 16.9. The summed E-state index contributed by atoms with van der Waals surface area (Å²) in [5.74, 6) is 0.887. The van der Waals surface area contributed by atoms with Crippen molar-refractivity contribution in [2.75, 3.05) is 13.2 Å². The number of ether oxygens (including phenoxy) is 1. The number of rotatable bonds is 10. The lowest BCUT2D eigenvalue weighted by Crippen LogP contribution is -2.28. The van der Waals surface area contributed by atoms with E-state index in [4.69, 9.17) is 4.74 Å². The standard InChI is InChI=1S/C30H33FN2O2/c1-4-35-25-15-11-23(12-16-25)27(17-30(34)32-18-21(2)3)28-20-33(29-8-6-5-7-26(28)29)19-22-9-13-24(31)14-10-22/h5-16,20-21,27H,4,17-19H2,1-3H3,(H,32,34)/t27-/m0/s1. The molecule has 1 amide bonds. The quantitative estimate of drug-likeness (QED) is 0.285. The zero-order chi connectivity index (χ0) is 24.8. The average molecular weight is 473 g/mol. The maximum absolute atomic E-state index is 13.4. The van der Waals surface area contributed by atoms with Gasteiger partial charge in [-0.05, 0) is 59.9 Å². The van der Waals surface area contributed by atoms with Crippen LogP contribution in [0.5, 0.6) is 5.75 Å². The van der Waals surface area contributed by atoms with Crippen LogP contribution in [0.2, 0.25) is 0 Å². The first kappa shape index (κ1) is 24.5. The van der Waals surface area contributed by atoms with E-state index in [0.29, 0.717) is 32.0 Å². The maximum Gasteiger partial charge on any atom is 0.220 e. The molecule has 0 bridgehead atoms. The third kappa shape index (κ3) is 6.10. The Bertz CT molecular complexity index is 1260. The second-order valence-electron chi connectivity index (χ2n) is 9.31. The van der Waals surface area contributed by atoms with Crippen molar-refractivity contribution in [3.05, 3.63) is 102 Å². The minimum Gasteiger partial charge on any atom is -0.494 e. The summed E-state index contributed by atoms with van der Waals surface area (Å²) in [7, 11) is 0. The second kappa shape index (κ2) is 11.2. The van der Waals surface area contributed by atoms with Gasteiger partial charge in [0.25, 0.3) is 0 Å². The van der Waals surface area contributed by atoms with Gasteiger partial charge in [-0.1, -0.05) is 56.3 Å². The highest BCUT2D eigenvalue weighted by atomic mass is 19.1. The highest BCUT2D eigenvalue weighted by Crippen LogP contribution is 2.36. The number of nitrogens with zero attached hydrogens (tertiary/aromatic N) is 1. The Kier molecular flexibility index (Phi) is 7.86. The van der Waals surface area contributed by atoms with Crippen LogP contribution >= 0.6 is 0 Å². The van der Waals surface area contributed by atoms with Crippen LogP contribution < -0.4 is 10.1 Å². The Balaban J connectivity index is 1.73. The van der Waals surface area contributed by atoms with Gasteiger partial charge in [-0.25, -0.2) is 4.39 Å². The lowest BCUT2D eigenvalue weighted by atomic mass is 9.88. The molecule has 5 heteroatoms. The molecule has 4 nitrogen and oxygen atoms in total. The van der Waals surface area contributed by atoms with E-state index in [1.54, 1.807) is 0 Å². The molecule has 0 aliphatic heterocycles. The first-order valence-corrected chi connectivity index (χ1v) is 12.3. The van der Waals surface area contributed by atoms with Crippen LogP contribution in [0.3, 0.4) is 0 Å². The van der Waals surface area contributed by atoms with Gasteiger partial charge < -0.3 is 14.6 Å². The maximum atomic E-state index is 13.4. The van der Waals surface area contributed by atoms with E-state index in [1.165, 1.54) is 12.1 Å². The minimum absolute atomic E-state index is 0.0351. The first-order valence-electron chi connectivity index (χ1n) is 12.3. The number of fused-ring (bicyclic) bond motifs is 1. The fourth-order valence-corrected chi connectivity index (χ4v) is 4.42. The minimum atomic E-state index is -0.241. The van der Waals surface area contributed by atoms with Crippen LogP contribution in [-0.2, 0) is 11.3 Å². The number of nitrogens with one attached hydrogen (secondary N) is 1. The van der Waals surface area contributed by atoms with Crippen molar-refractivity contribution >= 4 is 16.8 Å². The molecule has 1 heterocycles. The van der Waals surface area contributed by atoms with Crippen molar-refractivity contribution < 1.29 is 13.9 Å². The molecule has 1 atom stereocenters. The average Bonchev–Trinajstić information content (AvgIpc) is 3.21. The van der Waals surface area contributed by atoms with Crippen LogP contribution in [-0.4, -0.2) is 23.6 Å². The molecule has 3 aromatic carbocycles. The molecule has 182 valence electrons. The number of carbonyl (C=O) groups excluding carboxylic acids is 1. The summed E-state index contributed by atoms with van der Waals surface area (Å²) in [6.07, 6.45) is 2.50. The summed E-state index contributed by atoms with van der Waals surface area (Å²) in [5.41, 5.74) is 4.28. The van der Waals surface area contributed by atoms with Crippen LogP contribution in [0.1, 0.15) is 49.8 Å². The molecule has 4 aromatic rings. The van der Waals surface area contributed by atoms with E-state index in [9.17, 15) is 9.18 Å². The normalized spacial score (nSPS) is 12.1. The van der Waals surface area contributed by atoms with Gasteiger partial charge in [0.05, 0.1) is 6.61 Å². The molecule has 0 radical (unpaired) electrons. The monoisotopic (exact) mass is 472 g/mol. The zero-order valence-electron chi connectivity index (χ0n) is 20.6. The largest absolute Gasteiger partial charge is 0.494 e. The molecule has 0 saturated carbocycles. The number of hydrogen-bond donors (Lipinski definition) is 1. The molecular weight excluding hydrogens is 439 g/mol. The van der Waals surface area contributed by atoms with Crippen LogP contribution in [0.4, 0.5) is 4.39 Å². The van der Waals surface area contributed by atoms with Gasteiger partial charge in [-0.15, -0.1) is 0 Å². The molecule has 0 unspecified atom stereocenters. The molecule has 0 aliphatic rings. The Morgan fingerprint density at radius 2 is 1.71 bits per heavy atom. The van der Waals surface area contributed by atoms with E-state index in [-0.39, 0.29) is 17.6 Å². The number of para-hydroxylation sites is 1. The molecule has 0 aliphatic carbocycles. The highest BCUT2D eigenvalue weighted by Gasteiger charge is 2.23. The predicted molar refractivity (Wildman–Crippen MR) is 139 cm³/mol. The lowest BCUT2D eigenvalue weighted by Gasteiger charge is -2.18. The van der Waals surface area contributed by atoms with Crippen molar-refractivity contribution in [2.24, 2.45) is 5.92 Å². The van der Waals surface area contributed by atoms with E-state index < -0.39 is 0 Å². The van der Waals surface area contributed by atoms with Crippen LogP contribution in [0.15, 0.2) is 79.0 Å². The molecule has 0 fully saturated rings. The topological polar surface area (TPSA) is 43.3 Å². The number of hydrogen-bond acceptors (Lipinski definition) is 2. The second-order valence-corrected chi connectivity index (χ2v) is 9.31. The fourth-order valence-electron chi connectivity index (χ4n) is 4.42. The predicted octanol–water partition coefficient (Wildman–Crippen LogP) is 6.52. The van der Waals surface area contributed by atoms with E-state index in [0.717, 1.165) is 33.3 Å². The SMILES string of the molecule is CCOc1ccc([C@H](CC(=O)NCC(C)C)c2cn(Cc3ccc(F)cc3)c3ccccc23)cc1. The summed E-state index contributed by atoms with van der Waals surface area (Å²) < 4.78 is 21.3. The van der Waals surface area contributed by atoms with Crippen molar-refractivity contribution in [1.29, 1.82) is 0 Å². The van der Waals surface area contributed by atoms with Crippen molar-refractivity contribution in [1.82, 2.24) is 9.88 Å². The van der Waals surface area contributed by atoms with Gasteiger partial charge in [0, 0.05) is 42.5 Å². The van der Waals surface area contributed by atoms with Gasteiger partial charge >= 0.3 is 0 Å². The number of carbonyl (C=O) groups is 1. The van der Waals surface area contributed by atoms with Gasteiger partial charge in [-0.3, -0.25) is 4.79 Å². The van der Waals surface area contributed by atoms with E-state index in [2.05, 4.69) is 54.2 Å². The Hall–Kier alpha value is -3.60. The molecular formula is C30H33FN2O2. The van der Waals surface area contributed by atoms with Crippen molar-refractivity contribution in [2.45, 2.75) is 39.7 Å².